The lowest BCUT2D eigenvalue weighted by Gasteiger charge is -2.41. The van der Waals surface area contributed by atoms with E-state index in [0.29, 0.717) is 6.42 Å². The number of nitrogens with zero attached hydrogens (tertiary/aromatic N) is 3. The van der Waals surface area contributed by atoms with E-state index >= 15 is 0 Å². The summed E-state index contributed by atoms with van der Waals surface area (Å²) in [4.78, 5) is 39.1. The van der Waals surface area contributed by atoms with Gasteiger partial charge in [0.1, 0.15) is 6.54 Å². The molecule has 2 aliphatic heterocycles. The van der Waals surface area contributed by atoms with Crippen LogP contribution in [0.5, 0.6) is 0 Å². The van der Waals surface area contributed by atoms with Crippen molar-refractivity contribution in [3.8, 4) is 11.1 Å². The highest BCUT2D eigenvalue weighted by atomic mass is 16.7. The summed E-state index contributed by atoms with van der Waals surface area (Å²) in [6.45, 7) is 5.98. The summed E-state index contributed by atoms with van der Waals surface area (Å²) >= 11 is 0. The van der Waals surface area contributed by atoms with Crippen LogP contribution in [0.3, 0.4) is 0 Å². The van der Waals surface area contributed by atoms with Gasteiger partial charge in [-0.1, -0.05) is 60.7 Å². The number of aliphatic hydroxyl groups excluding tert-OH is 1. The van der Waals surface area contributed by atoms with E-state index in [2.05, 4.69) is 26.5 Å². The first-order valence-corrected chi connectivity index (χ1v) is 17.9. The second kappa shape index (κ2) is 17.9. The number of carbonyl (C=O) groups is 2. The molecule has 2 heterocycles. The van der Waals surface area contributed by atoms with Gasteiger partial charge in [0.25, 0.3) is 5.69 Å². The molecule has 2 amide bonds. The Labute approximate surface area is 308 Å². The molecular weight excluding hydrogens is 678 g/mol. The van der Waals surface area contributed by atoms with Crippen molar-refractivity contribution < 1.29 is 33.8 Å². The Morgan fingerprint density at radius 3 is 2.28 bits per heavy atom. The average molecular weight is 724 g/mol. The maximum absolute atomic E-state index is 12.2. The second-order valence-electron chi connectivity index (χ2n) is 13.1. The highest BCUT2D eigenvalue weighted by Crippen LogP contribution is 2.39. The van der Waals surface area contributed by atoms with Gasteiger partial charge in [0.05, 0.1) is 30.3 Å². The van der Waals surface area contributed by atoms with E-state index in [1.54, 1.807) is 19.1 Å². The molecule has 2 fully saturated rings. The molecule has 4 aromatic rings. The smallest absolute Gasteiger partial charge is 0.325 e. The Morgan fingerprint density at radius 2 is 1.58 bits per heavy atom. The molecule has 0 bridgehead atoms. The summed E-state index contributed by atoms with van der Waals surface area (Å²) < 4.78 is 18.2. The molecular formula is C40H45N5O8. The lowest BCUT2D eigenvalue weighted by Crippen LogP contribution is -2.49. The number of ether oxygens (including phenoxy) is 3. The van der Waals surface area contributed by atoms with Gasteiger partial charge >= 0.3 is 12.0 Å². The van der Waals surface area contributed by atoms with E-state index in [1.165, 1.54) is 0 Å². The molecule has 3 N–H and O–H groups in total. The van der Waals surface area contributed by atoms with E-state index in [0.717, 1.165) is 71.8 Å². The van der Waals surface area contributed by atoms with Gasteiger partial charge < -0.3 is 34.9 Å². The number of nitro benzene ring substituents is 1. The highest BCUT2D eigenvalue weighted by Gasteiger charge is 2.34. The molecule has 0 spiro atoms. The van der Waals surface area contributed by atoms with Crippen LogP contribution in [0, 0.1) is 10.1 Å². The minimum atomic E-state index is -0.620. The first kappa shape index (κ1) is 37.4. The standard InChI is InChI=1S/C40H45N5O8/c1-2-51-38(47)25-42-40(48)41-24-29-5-3-6-31(21-29)32-7-4-8-33(22-32)39-52-36(23-37(53-39)30-11-9-28(27-46)10-12-30)26-43-17-19-44(20-18-43)34-13-15-35(16-14-34)45(49)50/h3-16,21-22,36-37,39,46H,2,17-20,23-27H2,1H3,(H2,41,42,48)/t36-,37+,39+/m0/s1. The number of amides is 2. The van der Waals surface area contributed by atoms with Crippen molar-refractivity contribution >= 4 is 23.4 Å². The Kier molecular flexibility index (Phi) is 12.7. The quantitative estimate of drug-likeness (QED) is 0.0917. The summed E-state index contributed by atoms with van der Waals surface area (Å²) in [6.07, 6.45) is -0.290. The Morgan fingerprint density at radius 1 is 0.868 bits per heavy atom. The number of benzene rings is 4. The number of piperazine rings is 1. The number of carbonyl (C=O) groups excluding carboxylic acids is 2. The highest BCUT2D eigenvalue weighted by molar-refractivity contribution is 5.80. The van der Waals surface area contributed by atoms with Gasteiger partial charge in [-0.3, -0.25) is 19.8 Å². The van der Waals surface area contributed by atoms with Crippen molar-refractivity contribution in [1.29, 1.82) is 0 Å². The number of non-ortho nitro benzene ring substituents is 1. The molecule has 0 aliphatic carbocycles. The molecule has 4 aromatic carbocycles. The lowest BCUT2D eigenvalue weighted by molar-refractivity contribution is -0.384. The SMILES string of the molecule is CCOC(=O)CNC(=O)NCc1cccc(-c2cccc([C@@H]3O[C@H](CN4CCN(c5ccc([N+](=O)[O-])cc5)CC4)C[C@H](c4ccc(CO)cc4)O3)c2)c1. The van der Waals surface area contributed by atoms with Crippen molar-refractivity contribution in [2.24, 2.45) is 0 Å². The van der Waals surface area contributed by atoms with Crippen LogP contribution in [0.4, 0.5) is 16.2 Å². The molecule has 13 heteroatoms. The normalized spacial score (nSPS) is 19.0. The molecule has 6 rings (SSSR count). The number of urea groups is 1. The monoisotopic (exact) mass is 723 g/mol. The number of aliphatic hydroxyl groups is 1. The van der Waals surface area contributed by atoms with Crippen LogP contribution in [0.25, 0.3) is 11.1 Å². The van der Waals surface area contributed by atoms with Crippen LogP contribution in [-0.4, -0.2) is 78.9 Å². The molecule has 2 aliphatic rings. The van der Waals surface area contributed by atoms with Gasteiger partial charge in [-0.15, -0.1) is 0 Å². The fourth-order valence-electron chi connectivity index (χ4n) is 6.63. The summed E-state index contributed by atoms with van der Waals surface area (Å²) in [5.41, 5.74) is 6.63. The molecule has 0 unspecified atom stereocenters. The van der Waals surface area contributed by atoms with Crippen molar-refractivity contribution in [3.05, 3.63) is 129 Å². The van der Waals surface area contributed by atoms with E-state index in [9.17, 15) is 24.8 Å². The minimum Gasteiger partial charge on any atom is -0.465 e. The van der Waals surface area contributed by atoms with Crippen molar-refractivity contribution in [2.75, 3.05) is 50.8 Å². The van der Waals surface area contributed by atoms with Crippen LogP contribution in [0.15, 0.2) is 97.1 Å². The average Bonchev–Trinajstić information content (AvgIpc) is 3.20. The van der Waals surface area contributed by atoms with E-state index < -0.39 is 18.3 Å². The third kappa shape index (κ3) is 10.2. The third-order valence-electron chi connectivity index (χ3n) is 9.45. The van der Waals surface area contributed by atoms with Crippen LogP contribution in [-0.2, 0) is 32.2 Å². The fraction of sp³-hybridized carbons (Fsp3) is 0.350. The maximum atomic E-state index is 12.2. The zero-order chi connectivity index (χ0) is 37.2. The zero-order valence-corrected chi connectivity index (χ0v) is 29.7. The molecule has 0 radical (unpaired) electrons. The van der Waals surface area contributed by atoms with E-state index in [1.807, 2.05) is 78.9 Å². The van der Waals surface area contributed by atoms with Crippen molar-refractivity contribution in [3.63, 3.8) is 0 Å². The number of anilines is 1. The topological polar surface area (TPSA) is 156 Å². The van der Waals surface area contributed by atoms with Crippen LogP contribution in [0.2, 0.25) is 0 Å². The van der Waals surface area contributed by atoms with Crippen LogP contribution in [0.1, 0.15) is 48.0 Å². The Hall–Kier alpha value is -5.34. The summed E-state index contributed by atoms with van der Waals surface area (Å²) in [5, 5.41) is 26.0. The number of rotatable bonds is 13. The predicted molar refractivity (Wildman–Crippen MR) is 199 cm³/mol. The molecule has 3 atom stereocenters. The number of esters is 1. The fourth-order valence-corrected chi connectivity index (χ4v) is 6.63. The predicted octanol–water partition coefficient (Wildman–Crippen LogP) is 5.48. The number of hydrogen-bond acceptors (Lipinski definition) is 10. The van der Waals surface area contributed by atoms with Gasteiger partial charge in [0, 0.05) is 69.1 Å². The molecule has 13 nitrogen and oxygen atoms in total. The van der Waals surface area contributed by atoms with Crippen LogP contribution >= 0.6 is 0 Å². The van der Waals surface area contributed by atoms with Gasteiger partial charge in [-0.25, -0.2) is 4.79 Å². The van der Waals surface area contributed by atoms with Gasteiger partial charge in [-0.2, -0.15) is 0 Å². The minimum absolute atomic E-state index is 0.0290. The maximum Gasteiger partial charge on any atom is 0.325 e. The Bertz CT molecular complexity index is 1850. The zero-order valence-electron chi connectivity index (χ0n) is 29.7. The van der Waals surface area contributed by atoms with Gasteiger partial charge in [0.15, 0.2) is 6.29 Å². The lowest BCUT2D eigenvalue weighted by atomic mass is 9.98. The third-order valence-corrected chi connectivity index (χ3v) is 9.45. The first-order valence-electron chi connectivity index (χ1n) is 17.9. The first-order chi connectivity index (χ1) is 25.8. The largest absolute Gasteiger partial charge is 0.465 e. The molecule has 0 aromatic heterocycles. The van der Waals surface area contributed by atoms with Gasteiger partial charge in [0.2, 0.25) is 0 Å². The molecule has 53 heavy (non-hydrogen) atoms. The van der Waals surface area contributed by atoms with Gasteiger partial charge in [-0.05, 0) is 59.0 Å². The molecule has 2 saturated heterocycles. The Balaban J connectivity index is 1.13. The molecule has 278 valence electrons. The van der Waals surface area contributed by atoms with E-state index in [-0.39, 0.29) is 49.1 Å². The summed E-state index contributed by atoms with van der Waals surface area (Å²) in [7, 11) is 0. The summed E-state index contributed by atoms with van der Waals surface area (Å²) in [6, 6.07) is 30.1. The number of nitro groups is 1. The van der Waals surface area contributed by atoms with E-state index in [4.69, 9.17) is 14.2 Å². The number of hydrogen-bond donors (Lipinski definition) is 3. The van der Waals surface area contributed by atoms with Crippen molar-refractivity contribution in [2.45, 2.75) is 45.0 Å². The summed E-state index contributed by atoms with van der Waals surface area (Å²) in [5.74, 6) is -0.493. The number of nitrogens with one attached hydrogen (secondary N) is 2. The second-order valence-corrected chi connectivity index (χ2v) is 13.1. The molecule has 0 saturated carbocycles. The van der Waals surface area contributed by atoms with Crippen molar-refractivity contribution in [1.82, 2.24) is 15.5 Å². The van der Waals surface area contributed by atoms with Crippen LogP contribution < -0.4 is 15.5 Å².